The number of carbonyl (C=O) groups is 1. The molecule has 0 radical (unpaired) electrons. The van der Waals surface area contributed by atoms with Crippen LogP contribution in [0.25, 0.3) is 11.0 Å². The van der Waals surface area contributed by atoms with Gasteiger partial charge in [-0.05, 0) is 25.1 Å². The van der Waals surface area contributed by atoms with Gasteiger partial charge < -0.3 is 10.1 Å². The number of allylic oxidation sites excluding steroid dienone is 2. The van der Waals surface area contributed by atoms with Crippen LogP contribution in [0.1, 0.15) is 13.8 Å². The summed E-state index contributed by atoms with van der Waals surface area (Å²) >= 11 is 0. The number of aliphatic hydroxyl groups is 1. The number of hydrogen-bond acceptors (Lipinski definition) is 5. The minimum Gasteiger partial charge on any atom is -0.510 e. The number of aromatic amines is 1. The van der Waals surface area contributed by atoms with Crippen molar-refractivity contribution in [3.8, 4) is 0 Å². The van der Waals surface area contributed by atoms with Crippen LogP contribution in [0.2, 0.25) is 0 Å². The Hall–Kier alpha value is -2.50. The van der Waals surface area contributed by atoms with Crippen LogP contribution in [-0.4, -0.2) is 20.9 Å². The molecule has 1 aromatic heterocycles. The van der Waals surface area contributed by atoms with Crippen molar-refractivity contribution in [1.82, 2.24) is 9.97 Å². The summed E-state index contributed by atoms with van der Waals surface area (Å²) in [6.07, 6.45) is 1.59. The van der Waals surface area contributed by atoms with Gasteiger partial charge in [-0.1, -0.05) is 0 Å². The topological polar surface area (TPSA) is 90.7 Å². The monoisotopic (exact) mass is 244 g/mol. The molecular formula is C12H12N4O2. The van der Waals surface area contributed by atoms with E-state index in [0.717, 1.165) is 11.0 Å². The highest BCUT2D eigenvalue weighted by Gasteiger charge is 2.06. The normalized spacial score (nSPS) is 13.0. The molecule has 0 saturated carbocycles. The van der Waals surface area contributed by atoms with Crippen LogP contribution in [0.3, 0.4) is 0 Å². The van der Waals surface area contributed by atoms with Crippen molar-refractivity contribution in [1.29, 1.82) is 0 Å². The Balaban J connectivity index is 2.33. The van der Waals surface area contributed by atoms with Gasteiger partial charge in [-0.3, -0.25) is 4.79 Å². The van der Waals surface area contributed by atoms with Crippen molar-refractivity contribution >= 4 is 22.5 Å². The molecule has 18 heavy (non-hydrogen) atoms. The summed E-state index contributed by atoms with van der Waals surface area (Å²) in [6, 6.07) is 5.29. The van der Waals surface area contributed by atoms with E-state index < -0.39 is 0 Å². The zero-order valence-corrected chi connectivity index (χ0v) is 10.0. The summed E-state index contributed by atoms with van der Waals surface area (Å²) in [4.78, 5) is 18.2. The van der Waals surface area contributed by atoms with Gasteiger partial charge in [0.1, 0.15) is 5.76 Å². The lowest BCUT2D eigenvalue weighted by molar-refractivity contribution is -0.113. The number of hydrogen-bond donors (Lipinski definition) is 2. The first kappa shape index (κ1) is 12.0. The highest BCUT2D eigenvalue weighted by atomic mass is 16.3. The fraction of sp³-hybridized carbons (Fsp3) is 0.167. The van der Waals surface area contributed by atoms with E-state index in [1.54, 1.807) is 24.5 Å². The van der Waals surface area contributed by atoms with Gasteiger partial charge in [0, 0.05) is 6.92 Å². The van der Waals surface area contributed by atoms with E-state index in [1.165, 1.54) is 13.8 Å². The third-order valence-corrected chi connectivity index (χ3v) is 2.35. The van der Waals surface area contributed by atoms with E-state index in [-0.39, 0.29) is 17.2 Å². The van der Waals surface area contributed by atoms with Crippen LogP contribution in [0.5, 0.6) is 0 Å². The van der Waals surface area contributed by atoms with Gasteiger partial charge in [0.25, 0.3) is 0 Å². The van der Waals surface area contributed by atoms with Crippen LogP contribution >= 0.6 is 0 Å². The highest BCUT2D eigenvalue weighted by Crippen LogP contribution is 2.20. The summed E-state index contributed by atoms with van der Waals surface area (Å²) in [5.41, 5.74) is 2.20. The van der Waals surface area contributed by atoms with Crippen LogP contribution < -0.4 is 0 Å². The van der Waals surface area contributed by atoms with E-state index in [4.69, 9.17) is 0 Å². The molecule has 0 amide bonds. The fourth-order valence-electron chi connectivity index (χ4n) is 1.49. The Bertz CT molecular complexity index is 651. The second-order valence-corrected chi connectivity index (χ2v) is 3.79. The van der Waals surface area contributed by atoms with Gasteiger partial charge in [0.05, 0.1) is 23.0 Å². The Morgan fingerprint density at radius 3 is 2.83 bits per heavy atom. The van der Waals surface area contributed by atoms with E-state index >= 15 is 0 Å². The molecule has 2 N–H and O–H groups in total. The largest absolute Gasteiger partial charge is 0.510 e. The smallest absolute Gasteiger partial charge is 0.183 e. The first-order valence-corrected chi connectivity index (χ1v) is 5.33. The predicted molar refractivity (Wildman–Crippen MR) is 66.6 cm³/mol. The fourth-order valence-corrected chi connectivity index (χ4v) is 1.49. The molecule has 2 rings (SSSR count). The molecule has 2 aromatic rings. The minimum absolute atomic E-state index is 0.0419. The Morgan fingerprint density at radius 1 is 1.39 bits per heavy atom. The summed E-state index contributed by atoms with van der Waals surface area (Å²) in [5.74, 6) is -0.477. The van der Waals surface area contributed by atoms with Gasteiger partial charge in [-0.2, -0.15) is 5.11 Å². The number of H-pyrrole nitrogens is 1. The molecule has 1 aromatic carbocycles. The number of rotatable bonds is 3. The zero-order chi connectivity index (χ0) is 13.1. The number of Topliss-reactive ketones (excluding diaryl/α,β-unsaturated/α-hetero) is 1. The average Bonchev–Trinajstić information content (AvgIpc) is 2.75. The quantitative estimate of drug-likeness (QED) is 0.494. The third kappa shape index (κ3) is 2.42. The lowest BCUT2D eigenvalue weighted by atomic mass is 10.3. The van der Waals surface area contributed by atoms with E-state index in [2.05, 4.69) is 20.2 Å². The third-order valence-electron chi connectivity index (χ3n) is 2.35. The van der Waals surface area contributed by atoms with Crippen molar-refractivity contribution in [2.75, 3.05) is 0 Å². The number of imidazole rings is 1. The number of azo groups is 1. The van der Waals surface area contributed by atoms with Crippen LogP contribution in [0.15, 0.2) is 46.2 Å². The molecule has 0 aliphatic rings. The van der Waals surface area contributed by atoms with Crippen molar-refractivity contribution in [2.45, 2.75) is 13.8 Å². The molecule has 0 fully saturated rings. The maximum atomic E-state index is 11.2. The molecule has 6 heteroatoms. The highest BCUT2D eigenvalue weighted by molar-refractivity contribution is 5.93. The molecule has 0 aliphatic carbocycles. The molecule has 0 spiro atoms. The van der Waals surface area contributed by atoms with Gasteiger partial charge in [0.15, 0.2) is 11.5 Å². The first-order valence-electron chi connectivity index (χ1n) is 5.33. The number of nitrogens with zero attached hydrogens (tertiary/aromatic N) is 3. The molecular weight excluding hydrogens is 232 g/mol. The van der Waals surface area contributed by atoms with Crippen LogP contribution in [-0.2, 0) is 4.79 Å². The average molecular weight is 244 g/mol. The summed E-state index contributed by atoms with van der Waals surface area (Å²) < 4.78 is 0. The predicted octanol–water partition coefficient (Wildman–Crippen LogP) is 3.03. The molecule has 0 atom stereocenters. The standard InChI is InChI=1S/C12H12N4O2/c1-7(17)12(8(2)18)16-15-9-3-4-10-11(5-9)14-6-13-10/h3-6,17H,1-2H3,(H,13,14)/b12-7-,16-15?. The number of fused-ring (bicyclic) bond motifs is 1. The molecule has 6 nitrogen and oxygen atoms in total. The van der Waals surface area contributed by atoms with Gasteiger partial charge in [-0.15, -0.1) is 5.11 Å². The van der Waals surface area contributed by atoms with Crippen molar-refractivity contribution in [2.24, 2.45) is 10.2 Å². The molecule has 1 heterocycles. The van der Waals surface area contributed by atoms with E-state index in [1.807, 2.05) is 0 Å². The second kappa shape index (κ2) is 4.79. The number of ketones is 1. The van der Waals surface area contributed by atoms with Crippen LogP contribution in [0.4, 0.5) is 5.69 Å². The Kier molecular flexibility index (Phi) is 3.18. The van der Waals surface area contributed by atoms with Crippen molar-refractivity contribution < 1.29 is 9.90 Å². The van der Waals surface area contributed by atoms with Crippen molar-refractivity contribution in [3.05, 3.63) is 36.0 Å². The lowest BCUT2D eigenvalue weighted by Gasteiger charge is -1.97. The number of aromatic nitrogens is 2. The summed E-state index contributed by atoms with van der Waals surface area (Å²) in [5, 5.41) is 17.0. The Labute approximate surface area is 103 Å². The summed E-state index contributed by atoms with van der Waals surface area (Å²) in [6.45, 7) is 2.72. The van der Waals surface area contributed by atoms with Gasteiger partial charge in [0.2, 0.25) is 0 Å². The summed E-state index contributed by atoms with van der Waals surface area (Å²) in [7, 11) is 0. The van der Waals surface area contributed by atoms with Gasteiger partial charge in [-0.25, -0.2) is 4.98 Å². The van der Waals surface area contributed by atoms with Crippen molar-refractivity contribution in [3.63, 3.8) is 0 Å². The molecule has 0 unspecified atom stereocenters. The zero-order valence-electron chi connectivity index (χ0n) is 10.0. The first-order chi connectivity index (χ1) is 8.58. The molecule has 0 saturated heterocycles. The lowest BCUT2D eigenvalue weighted by Crippen LogP contribution is -1.96. The van der Waals surface area contributed by atoms with E-state index in [0.29, 0.717) is 5.69 Å². The number of aliphatic hydroxyl groups excluding tert-OH is 1. The number of benzene rings is 1. The number of nitrogens with one attached hydrogen (secondary N) is 1. The maximum absolute atomic E-state index is 11.2. The number of carbonyl (C=O) groups excluding carboxylic acids is 1. The molecule has 0 bridgehead atoms. The van der Waals surface area contributed by atoms with Crippen LogP contribution in [0, 0.1) is 0 Å². The van der Waals surface area contributed by atoms with E-state index in [9.17, 15) is 9.90 Å². The Morgan fingerprint density at radius 2 is 2.17 bits per heavy atom. The van der Waals surface area contributed by atoms with Gasteiger partial charge >= 0.3 is 0 Å². The maximum Gasteiger partial charge on any atom is 0.183 e. The second-order valence-electron chi connectivity index (χ2n) is 3.79. The minimum atomic E-state index is -0.332. The molecule has 92 valence electrons. The molecule has 0 aliphatic heterocycles. The SMILES string of the molecule is CC(=O)/C(N=Nc1ccc2nc[nH]c2c1)=C(\C)O.